The summed E-state index contributed by atoms with van der Waals surface area (Å²) in [6, 6.07) is 6.72. The number of likely N-dealkylation sites (N-methyl/N-ethyl adjacent to an activating group) is 2. The van der Waals surface area contributed by atoms with E-state index in [-0.39, 0.29) is 23.9 Å². The Balaban J connectivity index is 2.09. The van der Waals surface area contributed by atoms with Gasteiger partial charge in [-0.25, -0.2) is 8.42 Å². The second-order valence-electron chi connectivity index (χ2n) is 5.93. The van der Waals surface area contributed by atoms with Crippen molar-refractivity contribution in [3.8, 4) is 0 Å². The summed E-state index contributed by atoms with van der Waals surface area (Å²) in [6.07, 6.45) is 0. The highest BCUT2D eigenvalue weighted by Crippen LogP contribution is 2.16. The molecule has 1 saturated heterocycles. The molecule has 1 aliphatic rings. The molecule has 1 fully saturated rings. The summed E-state index contributed by atoms with van der Waals surface area (Å²) in [4.78, 5) is 16.5. The van der Waals surface area contributed by atoms with Crippen molar-refractivity contribution in [3.05, 3.63) is 29.8 Å². The molecular formula is C16H25N3O3S. The second kappa shape index (κ2) is 7.42. The van der Waals surface area contributed by atoms with E-state index in [1.54, 1.807) is 36.1 Å². The van der Waals surface area contributed by atoms with Gasteiger partial charge in [-0.05, 0) is 26.1 Å². The van der Waals surface area contributed by atoms with Gasteiger partial charge >= 0.3 is 0 Å². The first-order valence-electron chi connectivity index (χ1n) is 7.87. The Morgan fingerprint density at radius 1 is 1.13 bits per heavy atom. The molecule has 7 heteroatoms. The highest BCUT2D eigenvalue weighted by Gasteiger charge is 2.28. The van der Waals surface area contributed by atoms with E-state index in [4.69, 9.17) is 0 Å². The minimum Gasteiger partial charge on any atom is -0.339 e. The third-order valence-corrected chi connectivity index (χ3v) is 6.11. The number of hydrogen-bond donors (Lipinski definition) is 0. The van der Waals surface area contributed by atoms with Gasteiger partial charge in [-0.1, -0.05) is 24.6 Å². The topological polar surface area (TPSA) is 60.9 Å². The number of aryl methyl sites for hydroxylation is 1. The standard InChI is InChI=1S/C16H25N3O3S/c1-4-19(13-16(20)18-11-9-17(3)10-12-18)23(21,22)15-7-5-14(2)6-8-15/h5-8H,4,9-13H2,1-3H3. The van der Waals surface area contributed by atoms with E-state index in [1.807, 2.05) is 14.0 Å². The van der Waals surface area contributed by atoms with Crippen LogP contribution >= 0.6 is 0 Å². The van der Waals surface area contributed by atoms with Crippen molar-refractivity contribution in [2.75, 3.05) is 46.3 Å². The van der Waals surface area contributed by atoms with Gasteiger partial charge in [0.15, 0.2) is 0 Å². The summed E-state index contributed by atoms with van der Waals surface area (Å²) in [5, 5.41) is 0. The summed E-state index contributed by atoms with van der Waals surface area (Å²) in [6.45, 7) is 6.78. The molecule has 0 unspecified atom stereocenters. The Kier molecular flexibility index (Phi) is 5.78. The van der Waals surface area contributed by atoms with E-state index >= 15 is 0 Å². The molecule has 0 aliphatic carbocycles. The molecule has 0 radical (unpaired) electrons. The highest BCUT2D eigenvalue weighted by molar-refractivity contribution is 7.89. The van der Waals surface area contributed by atoms with Gasteiger partial charge in [-0.2, -0.15) is 4.31 Å². The molecule has 0 bridgehead atoms. The quantitative estimate of drug-likeness (QED) is 0.795. The van der Waals surface area contributed by atoms with Gasteiger partial charge in [0.05, 0.1) is 11.4 Å². The third-order valence-electron chi connectivity index (χ3n) is 4.18. The van der Waals surface area contributed by atoms with Gasteiger partial charge < -0.3 is 9.80 Å². The van der Waals surface area contributed by atoms with Crippen LogP contribution in [0.15, 0.2) is 29.2 Å². The maximum Gasteiger partial charge on any atom is 0.243 e. The largest absolute Gasteiger partial charge is 0.339 e. The lowest BCUT2D eigenvalue weighted by Crippen LogP contribution is -2.50. The van der Waals surface area contributed by atoms with E-state index in [1.165, 1.54) is 4.31 Å². The smallest absolute Gasteiger partial charge is 0.243 e. The summed E-state index contributed by atoms with van der Waals surface area (Å²) in [5.41, 5.74) is 1.00. The van der Waals surface area contributed by atoms with Crippen molar-refractivity contribution in [1.82, 2.24) is 14.1 Å². The number of piperazine rings is 1. The lowest BCUT2D eigenvalue weighted by molar-refractivity contribution is -0.132. The number of carbonyl (C=O) groups is 1. The van der Waals surface area contributed by atoms with Crippen LogP contribution in [0.3, 0.4) is 0 Å². The minimum atomic E-state index is -3.64. The van der Waals surface area contributed by atoms with Crippen LogP contribution < -0.4 is 0 Å². The number of amides is 1. The van der Waals surface area contributed by atoms with Crippen molar-refractivity contribution in [3.63, 3.8) is 0 Å². The Bertz CT molecular complexity index is 635. The fraction of sp³-hybridized carbons (Fsp3) is 0.562. The molecule has 0 N–H and O–H groups in total. The maximum atomic E-state index is 12.7. The molecule has 1 aliphatic heterocycles. The first-order valence-corrected chi connectivity index (χ1v) is 9.31. The molecule has 23 heavy (non-hydrogen) atoms. The van der Waals surface area contributed by atoms with E-state index in [2.05, 4.69) is 4.90 Å². The molecule has 6 nitrogen and oxygen atoms in total. The predicted octanol–water partition coefficient (Wildman–Crippen LogP) is 0.780. The van der Waals surface area contributed by atoms with Gasteiger partial charge in [-0.15, -0.1) is 0 Å². The van der Waals surface area contributed by atoms with Gasteiger partial charge in [0, 0.05) is 32.7 Å². The van der Waals surface area contributed by atoms with Crippen LogP contribution in [0.4, 0.5) is 0 Å². The molecule has 0 atom stereocenters. The zero-order valence-corrected chi connectivity index (χ0v) is 14.8. The molecule has 1 aromatic carbocycles. The predicted molar refractivity (Wildman–Crippen MR) is 89.7 cm³/mol. The Morgan fingerprint density at radius 3 is 2.22 bits per heavy atom. The fourth-order valence-electron chi connectivity index (χ4n) is 2.53. The average Bonchev–Trinajstić information content (AvgIpc) is 2.53. The first kappa shape index (κ1) is 17.9. The number of sulfonamides is 1. The number of nitrogens with zero attached hydrogens (tertiary/aromatic N) is 3. The zero-order valence-electron chi connectivity index (χ0n) is 14.0. The maximum absolute atomic E-state index is 12.7. The molecular weight excluding hydrogens is 314 g/mol. The molecule has 0 saturated carbocycles. The summed E-state index contributed by atoms with van der Waals surface area (Å²) < 4.78 is 26.6. The van der Waals surface area contributed by atoms with Crippen molar-refractivity contribution in [2.24, 2.45) is 0 Å². The lowest BCUT2D eigenvalue weighted by Gasteiger charge is -2.33. The number of benzene rings is 1. The van der Waals surface area contributed by atoms with Crippen LogP contribution in [0.1, 0.15) is 12.5 Å². The minimum absolute atomic E-state index is 0.101. The summed E-state index contributed by atoms with van der Waals surface area (Å²) in [7, 11) is -1.62. The van der Waals surface area contributed by atoms with Gasteiger partial charge in [0.25, 0.3) is 0 Å². The Morgan fingerprint density at radius 2 is 1.70 bits per heavy atom. The van der Waals surface area contributed by atoms with Crippen molar-refractivity contribution < 1.29 is 13.2 Å². The van der Waals surface area contributed by atoms with Crippen molar-refractivity contribution in [2.45, 2.75) is 18.7 Å². The number of carbonyl (C=O) groups excluding carboxylic acids is 1. The lowest BCUT2D eigenvalue weighted by atomic mass is 10.2. The van der Waals surface area contributed by atoms with Gasteiger partial charge in [-0.3, -0.25) is 4.79 Å². The average molecular weight is 339 g/mol. The van der Waals surface area contributed by atoms with E-state index in [0.29, 0.717) is 13.1 Å². The van der Waals surface area contributed by atoms with E-state index in [0.717, 1.165) is 18.7 Å². The van der Waals surface area contributed by atoms with E-state index in [9.17, 15) is 13.2 Å². The fourth-order valence-corrected chi connectivity index (χ4v) is 3.93. The third kappa shape index (κ3) is 4.31. The SMILES string of the molecule is CCN(CC(=O)N1CCN(C)CC1)S(=O)(=O)c1ccc(C)cc1. The Labute approximate surface area is 138 Å². The Hall–Kier alpha value is -1.44. The van der Waals surface area contributed by atoms with Crippen LogP contribution in [0.5, 0.6) is 0 Å². The van der Waals surface area contributed by atoms with Gasteiger partial charge in [0.1, 0.15) is 0 Å². The zero-order chi connectivity index (χ0) is 17.0. The molecule has 128 valence electrons. The van der Waals surface area contributed by atoms with Crippen LogP contribution in [-0.4, -0.2) is 74.7 Å². The molecule has 1 aromatic rings. The van der Waals surface area contributed by atoms with Crippen LogP contribution in [0.25, 0.3) is 0 Å². The molecule has 0 spiro atoms. The molecule has 1 heterocycles. The van der Waals surface area contributed by atoms with Crippen molar-refractivity contribution in [1.29, 1.82) is 0 Å². The number of hydrogen-bond acceptors (Lipinski definition) is 4. The first-order chi connectivity index (χ1) is 10.8. The van der Waals surface area contributed by atoms with E-state index < -0.39 is 10.0 Å². The van der Waals surface area contributed by atoms with Gasteiger partial charge in [0.2, 0.25) is 15.9 Å². The molecule has 0 aromatic heterocycles. The summed E-state index contributed by atoms with van der Waals surface area (Å²) in [5.74, 6) is -0.129. The highest BCUT2D eigenvalue weighted by atomic mass is 32.2. The molecule has 1 amide bonds. The molecule has 2 rings (SSSR count). The number of rotatable bonds is 5. The normalized spacial score (nSPS) is 16.8. The van der Waals surface area contributed by atoms with Crippen LogP contribution in [0.2, 0.25) is 0 Å². The van der Waals surface area contributed by atoms with Crippen LogP contribution in [0, 0.1) is 6.92 Å². The second-order valence-corrected chi connectivity index (χ2v) is 7.87. The summed E-state index contributed by atoms with van der Waals surface area (Å²) >= 11 is 0. The monoisotopic (exact) mass is 339 g/mol. The van der Waals surface area contributed by atoms with Crippen molar-refractivity contribution >= 4 is 15.9 Å². The van der Waals surface area contributed by atoms with Crippen LogP contribution in [-0.2, 0) is 14.8 Å².